The number of hydrogen-bond donors (Lipinski definition) is 1. The second-order valence-corrected chi connectivity index (χ2v) is 5.31. The number of carbonyl (C=O) groups is 1. The molecule has 122 valence electrons. The highest BCUT2D eigenvalue weighted by atomic mass is 16.5. The summed E-state index contributed by atoms with van der Waals surface area (Å²) in [6.45, 7) is 4.81. The van der Waals surface area contributed by atoms with E-state index >= 15 is 0 Å². The van der Waals surface area contributed by atoms with Crippen LogP contribution in [0.25, 0.3) is 0 Å². The average Bonchev–Trinajstić information content (AvgIpc) is 2.53. The number of rotatable bonds is 11. The highest BCUT2D eigenvalue weighted by molar-refractivity contribution is 5.82. The van der Waals surface area contributed by atoms with E-state index in [1.165, 1.54) is 25.7 Å². The smallest absolute Gasteiger partial charge is 0.240 e. The van der Waals surface area contributed by atoms with Crippen molar-refractivity contribution in [2.45, 2.75) is 58.8 Å². The van der Waals surface area contributed by atoms with Crippen LogP contribution in [-0.4, -0.2) is 18.7 Å². The molecule has 0 aliphatic carbocycles. The van der Waals surface area contributed by atoms with E-state index in [9.17, 15) is 4.79 Å². The van der Waals surface area contributed by atoms with Crippen molar-refractivity contribution in [3.05, 3.63) is 29.8 Å². The molecule has 1 aromatic rings. The van der Waals surface area contributed by atoms with Crippen molar-refractivity contribution >= 4 is 12.1 Å². The van der Waals surface area contributed by atoms with E-state index in [4.69, 9.17) is 4.74 Å². The molecule has 0 unspecified atom stereocenters. The Morgan fingerprint density at radius 1 is 1.09 bits per heavy atom. The van der Waals surface area contributed by atoms with Gasteiger partial charge in [0.05, 0.1) is 12.8 Å². The summed E-state index contributed by atoms with van der Waals surface area (Å²) in [6, 6.07) is 7.61. The predicted molar refractivity (Wildman–Crippen MR) is 91.3 cm³/mol. The molecule has 0 aromatic heterocycles. The predicted octanol–water partition coefficient (Wildman–Crippen LogP) is 4.29. The summed E-state index contributed by atoms with van der Waals surface area (Å²) in [5.41, 5.74) is 3.51. The van der Waals surface area contributed by atoms with Gasteiger partial charge >= 0.3 is 0 Å². The molecule has 0 radical (unpaired) electrons. The molecule has 4 nitrogen and oxygen atoms in total. The Morgan fingerprint density at radius 2 is 1.77 bits per heavy atom. The molecule has 1 N–H and O–H groups in total. The van der Waals surface area contributed by atoms with Gasteiger partial charge in [-0.1, -0.05) is 39.0 Å². The first-order valence-corrected chi connectivity index (χ1v) is 8.31. The van der Waals surface area contributed by atoms with E-state index in [1.54, 1.807) is 6.21 Å². The zero-order valence-corrected chi connectivity index (χ0v) is 13.8. The Hall–Kier alpha value is -1.84. The molecule has 4 heteroatoms. The molecule has 0 saturated carbocycles. The minimum atomic E-state index is -0.0160. The third kappa shape index (κ3) is 8.45. The molecular formula is C18H28N2O2. The maximum Gasteiger partial charge on any atom is 0.240 e. The number of unbranched alkanes of at least 4 members (excludes halogenated alkanes) is 5. The largest absolute Gasteiger partial charge is 0.494 e. The van der Waals surface area contributed by atoms with Crippen LogP contribution in [0.15, 0.2) is 29.4 Å². The molecule has 0 atom stereocenters. The lowest BCUT2D eigenvalue weighted by Gasteiger charge is -2.02. The molecule has 22 heavy (non-hydrogen) atoms. The van der Waals surface area contributed by atoms with Crippen LogP contribution in [-0.2, 0) is 4.79 Å². The standard InChI is InChI=1S/C18H28N2O2/c1-3-5-6-7-8-9-10-18(21)20-19-15-16-11-13-17(14-12-16)22-4-2/h11-15H,3-10H2,1-2H3,(H,20,21)/b19-15-. The van der Waals surface area contributed by atoms with Gasteiger partial charge in [0.1, 0.15) is 5.75 Å². The molecule has 0 saturated heterocycles. The second kappa shape index (κ2) is 11.8. The van der Waals surface area contributed by atoms with Gasteiger partial charge in [-0.15, -0.1) is 0 Å². The molecular weight excluding hydrogens is 276 g/mol. The quantitative estimate of drug-likeness (QED) is 0.377. The highest BCUT2D eigenvalue weighted by Crippen LogP contribution is 2.10. The van der Waals surface area contributed by atoms with Crippen molar-refractivity contribution < 1.29 is 9.53 Å². The van der Waals surface area contributed by atoms with E-state index in [2.05, 4.69) is 17.5 Å². The van der Waals surface area contributed by atoms with Crippen LogP contribution in [0.4, 0.5) is 0 Å². The maximum absolute atomic E-state index is 11.6. The number of ether oxygens (including phenoxy) is 1. The van der Waals surface area contributed by atoms with Crippen LogP contribution in [0.3, 0.4) is 0 Å². The Labute approximate surface area is 134 Å². The Balaban J connectivity index is 2.17. The molecule has 0 fully saturated rings. The van der Waals surface area contributed by atoms with Crippen LogP contribution in [0, 0.1) is 0 Å². The number of benzene rings is 1. The second-order valence-electron chi connectivity index (χ2n) is 5.31. The lowest BCUT2D eigenvalue weighted by atomic mass is 10.1. The fourth-order valence-electron chi connectivity index (χ4n) is 2.12. The monoisotopic (exact) mass is 304 g/mol. The number of hydrazone groups is 1. The zero-order chi connectivity index (χ0) is 16.0. The van der Waals surface area contributed by atoms with Gasteiger partial charge in [0.2, 0.25) is 5.91 Å². The molecule has 0 heterocycles. The molecule has 1 aromatic carbocycles. The maximum atomic E-state index is 11.6. The number of nitrogens with zero attached hydrogens (tertiary/aromatic N) is 1. The van der Waals surface area contributed by atoms with Crippen molar-refractivity contribution in [1.29, 1.82) is 0 Å². The number of carbonyl (C=O) groups excluding carboxylic acids is 1. The first-order valence-electron chi connectivity index (χ1n) is 8.31. The number of amides is 1. The normalized spacial score (nSPS) is 10.8. The average molecular weight is 304 g/mol. The minimum Gasteiger partial charge on any atom is -0.494 e. The van der Waals surface area contributed by atoms with Crippen LogP contribution in [0.2, 0.25) is 0 Å². The van der Waals surface area contributed by atoms with Gasteiger partial charge in [-0.25, -0.2) is 5.43 Å². The van der Waals surface area contributed by atoms with Gasteiger partial charge in [-0.3, -0.25) is 4.79 Å². The summed E-state index contributed by atoms with van der Waals surface area (Å²) in [6.07, 6.45) is 9.29. The number of hydrogen-bond acceptors (Lipinski definition) is 3. The van der Waals surface area contributed by atoms with Crippen molar-refractivity contribution in [2.75, 3.05) is 6.61 Å². The fourth-order valence-corrected chi connectivity index (χ4v) is 2.12. The van der Waals surface area contributed by atoms with E-state index in [-0.39, 0.29) is 5.91 Å². The van der Waals surface area contributed by atoms with Crippen molar-refractivity contribution in [1.82, 2.24) is 5.43 Å². The Morgan fingerprint density at radius 3 is 2.45 bits per heavy atom. The van der Waals surface area contributed by atoms with Crippen LogP contribution >= 0.6 is 0 Å². The third-order valence-corrected chi connectivity index (χ3v) is 3.35. The molecule has 0 bridgehead atoms. The van der Waals surface area contributed by atoms with Gasteiger partial charge in [0.15, 0.2) is 0 Å². The van der Waals surface area contributed by atoms with Gasteiger partial charge in [0.25, 0.3) is 0 Å². The summed E-state index contributed by atoms with van der Waals surface area (Å²) in [4.78, 5) is 11.6. The molecule has 1 amide bonds. The minimum absolute atomic E-state index is 0.0160. The number of nitrogens with one attached hydrogen (secondary N) is 1. The SMILES string of the molecule is CCCCCCCCC(=O)N/N=C\c1ccc(OCC)cc1. The summed E-state index contributed by atoms with van der Waals surface area (Å²) < 4.78 is 5.37. The van der Waals surface area contributed by atoms with E-state index in [1.807, 2.05) is 31.2 Å². The first kappa shape index (κ1) is 18.2. The highest BCUT2D eigenvalue weighted by Gasteiger charge is 1.99. The fraction of sp³-hybridized carbons (Fsp3) is 0.556. The van der Waals surface area contributed by atoms with Crippen molar-refractivity contribution in [3.8, 4) is 5.75 Å². The van der Waals surface area contributed by atoms with E-state index < -0.39 is 0 Å². The molecule has 1 rings (SSSR count). The van der Waals surface area contributed by atoms with Crippen molar-refractivity contribution in [3.63, 3.8) is 0 Å². The summed E-state index contributed by atoms with van der Waals surface area (Å²) in [5.74, 6) is 0.824. The lowest BCUT2D eigenvalue weighted by molar-refractivity contribution is -0.121. The van der Waals surface area contributed by atoms with E-state index in [0.29, 0.717) is 13.0 Å². The van der Waals surface area contributed by atoms with Crippen LogP contribution in [0.5, 0.6) is 5.75 Å². The van der Waals surface area contributed by atoms with Crippen LogP contribution < -0.4 is 10.2 Å². The molecule has 0 aliphatic rings. The summed E-state index contributed by atoms with van der Waals surface area (Å²) >= 11 is 0. The zero-order valence-electron chi connectivity index (χ0n) is 13.8. The lowest BCUT2D eigenvalue weighted by Crippen LogP contribution is -2.16. The first-order chi connectivity index (χ1) is 10.8. The van der Waals surface area contributed by atoms with Crippen LogP contribution in [0.1, 0.15) is 64.4 Å². The molecule has 0 spiro atoms. The Kier molecular flexibility index (Phi) is 9.75. The van der Waals surface area contributed by atoms with Gasteiger partial charge < -0.3 is 4.74 Å². The van der Waals surface area contributed by atoms with Gasteiger partial charge in [0, 0.05) is 6.42 Å². The van der Waals surface area contributed by atoms with Gasteiger partial charge in [-0.2, -0.15) is 5.10 Å². The summed E-state index contributed by atoms with van der Waals surface area (Å²) in [5, 5.41) is 3.98. The Bertz CT molecular complexity index is 441. The van der Waals surface area contributed by atoms with Crippen molar-refractivity contribution in [2.24, 2.45) is 5.10 Å². The third-order valence-electron chi connectivity index (χ3n) is 3.35. The molecule has 0 aliphatic heterocycles. The van der Waals surface area contributed by atoms with E-state index in [0.717, 1.165) is 24.2 Å². The topological polar surface area (TPSA) is 50.7 Å². The summed E-state index contributed by atoms with van der Waals surface area (Å²) in [7, 11) is 0. The van der Waals surface area contributed by atoms with Gasteiger partial charge in [-0.05, 0) is 43.2 Å².